The molecule has 186 valence electrons. The lowest BCUT2D eigenvalue weighted by atomic mass is 9.93. The summed E-state index contributed by atoms with van der Waals surface area (Å²) in [6.45, 7) is 2.40. The molecule has 2 aliphatic rings. The largest absolute Gasteiger partial charge is 0.463 e. The SMILES string of the molecule is C[C@H](CO)NC(=O)C[C@H]1CC=CCCC[C@H](Cc2ccccc2)C(=O)OC[C@@H]2CCCN2C1=O. The van der Waals surface area contributed by atoms with Crippen LogP contribution in [0.15, 0.2) is 42.5 Å². The van der Waals surface area contributed by atoms with Crippen molar-refractivity contribution in [2.24, 2.45) is 11.8 Å². The third-order valence-electron chi connectivity index (χ3n) is 6.71. The molecule has 34 heavy (non-hydrogen) atoms. The number of allylic oxidation sites excluding steroid dienone is 2. The van der Waals surface area contributed by atoms with Gasteiger partial charge in [0.25, 0.3) is 0 Å². The van der Waals surface area contributed by atoms with Crippen molar-refractivity contribution in [3.8, 4) is 0 Å². The van der Waals surface area contributed by atoms with Crippen LogP contribution in [0.5, 0.6) is 0 Å². The van der Waals surface area contributed by atoms with Crippen LogP contribution < -0.4 is 5.32 Å². The van der Waals surface area contributed by atoms with E-state index in [4.69, 9.17) is 4.74 Å². The van der Waals surface area contributed by atoms with Gasteiger partial charge in [-0.3, -0.25) is 14.4 Å². The fourth-order valence-electron chi connectivity index (χ4n) is 4.77. The smallest absolute Gasteiger partial charge is 0.309 e. The minimum absolute atomic E-state index is 0.0621. The van der Waals surface area contributed by atoms with Gasteiger partial charge in [-0.25, -0.2) is 0 Å². The number of aliphatic hydroxyl groups is 1. The van der Waals surface area contributed by atoms with Gasteiger partial charge in [-0.2, -0.15) is 0 Å². The number of aliphatic hydroxyl groups excluding tert-OH is 1. The first-order valence-electron chi connectivity index (χ1n) is 12.5. The molecule has 2 heterocycles. The normalized spacial score (nSPS) is 25.2. The number of cyclic esters (lactones) is 1. The number of fused-ring (bicyclic) bond motifs is 1. The zero-order chi connectivity index (χ0) is 24.3. The Balaban J connectivity index is 1.71. The van der Waals surface area contributed by atoms with Gasteiger partial charge < -0.3 is 20.1 Å². The van der Waals surface area contributed by atoms with E-state index in [0.29, 0.717) is 19.4 Å². The van der Waals surface area contributed by atoms with Gasteiger partial charge in [0.15, 0.2) is 0 Å². The zero-order valence-electron chi connectivity index (χ0n) is 20.2. The quantitative estimate of drug-likeness (QED) is 0.492. The maximum Gasteiger partial charge on any atom is 0.309 e. The summed E-state index contributed by atoms with van der Waals surface area (Å²) in [5.74, 6) is -1.16. The Hall–Kier alpha value is -2.67. The van der Waals surface area contributed by atoms with E-state index in [0.717, 1.165) is 37.7 Å². The van der Waals surface area contributed by atoms with E-state index >= 15 is 0 Å². The number of nitrogens with zero attached hydrogens (tertiary/aromatic N) is 1. The Kier molecular flexibility index (Phi) is 10.1. The Morgan fingerprint density at radius 1 is 1.15 bits per heavy atom. The molecule has 1 aromatic carbocycles. The maximum absolute atomic E-state index is 13.4. The Labute approximate surface area is 202 Å². The number of esters is 1. The zero-order valence-corrected chi connectivity index (χ0v) is 20.2. The highest BCUT2D eigenvalue weighted by Gasteiger charge is 2.35. The number of hydrogen-bond acceptors (Lipinski definition) is 5. The molecule has 0 saturated carbocycles. The molecule has 0 radical (unpaired) electrons. The van der Waals surface area contributed by atoms with Crippen LogP contribution in [-0.4, -0.2) is 59.6 Å². The summed E-state index contributed by atoms with van der Waals surface area (Å²) >= 11 is 0. The van der Waals surface area contributed by atoms with Crippen molar-refractivity contribution in [2.75, 3.05) is 19.8 Å². The molecule has 0 unspecified atom stereocenters. The molecule has 1 aromatic rings. The summed E-state index contributed by atoms with van der Waals surface area (Å²) < 4.78 is 5.76. The number of hydrogen-bond donors (Lipinski definition) is 2. The second kappa shape index (κ2) is 13.3. The van der Waals surface area contributed by atoms with E-state index in [2.05, 4.69) is 5.32 Å². The molecule has 3 rings (SSSR count). The van der Waals surface area contributed by atoms with Crippen LogP contribution in [0.1, 0.15) is 57.4 Å². The lowest BCUT2D eigenvalue weighted by Crippen LogP contribution is -2.44. The van der Waals surface area contributed by atoms with E-state index in [9.17, 15) is 19.5 Å². The minimum Gasteiger partial charge on any atom is -0.463 e. The summed E-state index contributed by atoms with van der Waals surface area (Å²) in [4.78, 5) is 40.6. The van der Waals surface area contributed by atoms with Crippen LogP contribution in [0.25, 0.3) is 0 Å². The highest BCUT2D eigenvalue weighted by atomic mass is 16.5. The second-order valence-electron chi connectivity index (χ2n) is 9.53. The Bertz CT molecular complexity index is 841. The van der Waals surface area contributed by atoms with Crippen LogP contribution in [0.4, 0.5) is 0 Å². The summed E-state index contributed by atoms with van der Waals surface area (Å²) in [5.41, 5.74) is 1.12. The predicted molar refractivity (Wildman–Crippen MR) is 130 cm³/mol. The topological polar surface area (TPSA) is 95.9 Å². The monoisotopic (exact) mass is 470 g/mol. The molecule has 0 spiro atoms. The molecular weight excluding hydrogens is 432 g/mol. The molecule has 0 bridgehead atoms. The Morgan fingerprint density at radius 2 is 1.94 bits per heavy atom. The van der Waals surface area contributed by atoms with Gasteiger partial charge in [0.1, 0.15) is 6.61 Å². The van der Waals surface area contributed by atoms with Crippen LogP contribution >= 0.6 is 0 Å². The van der Waals surface area contributed by atoms with Gasteiger partial charge >= 0.3 is 5.97 Å². The van der Waals surface area contributed by atoms with Crippen molar-refractivity contribution in [1.29, 1.82) is 0 Å². The highest BCUT2D eigenvalue weighted by Crippen LogP contribution is 2.25. The average molecular weight is 471 g/mol. The van der Waals surface area contributed by atoms with Crippen molar-refractivity contribution in [1.82, 2.24) is 10.2 Å². The van der Waals surface area contributed by atoms with Crippen molar-refractivity contribution in [3.05, 3.63) is 48.0 Å². The van der Waals surface area contributed by atoms with E-state index in [1.807, 2.05) is 42.5 Å². The summed E-state index contributed by atoms with van der Waals surface area (Å²) in [6.07, 6.45) is 9.32. The number of benzene rings is 1. The molecule has 2 aliphatic heterocycles. The molecule has 1 fully saturated rings. The van der Waals surface area contributed by atoms with Gasteiger partial charge in [-0.15, -0.1) is 0 Å². The number of carbonyl (C=O) groups excluding carboxylic acids is 3. The molecule has 1 saturated heterocycles. The van der Waals surface area contributed by atoms with Crippen LogP contribution in [0.3, 0.4) is 0 Å². The van der Waals surface area contributed by atoms with E-state index in [1.165, 1.54) is 0 Å². The number of amides is 2. The molecule has 0 aliphatic carbocycles. The highest BCUT2D eigenvalue weighted by molar-refractivity contribution is 5.86. The molecule has 0 aromatic heterocycles. The Morgan fingerprint density at radius 3 is 2.71 bits per heavy atom. The first kappa shape index (κ1) is 25.9. The summed E-state index contributed by atoms with van der Waals surface area (Å²) in [7, 11) is 0. The standard InChI is InChI=1S/C27H38N2O5/c1-20(18-30)28-25(31)17-22-12-7-2-3-8-13-23(16-21-10-5-4-6-11-21)27(33)34-19-24-14-9-15-29(24)26(22)32/h2,4-7,10-11,20,22-24,30H,3,8-9,12-19H2,1H3,(H,28,31)/t20-,22-,23-,24+/m1/s1. The van der Waals surface area contributed by atoms with E-state index in [-0.39, 0.29) is 55.4 Å². The molecule has 7 nitrogen and oxygen atoms in total. The van der Waals surface area contributed by atoms with Crippen molar-refractivity contribution in [2.45, 2.75) is 70.4 Å². The first-order chi connectivity index (χ1) is 16.5. The fraction of sp³-hybridized carbons (Fsp3) is 0.593. The van der Waals surface area contributed by atoms with Crippen LogP contribution in [0.2, 0.25) is 0 Å². The second-order valence-corrected chi connectivity index (χ2v) is 9.53. The third-order valence-corrected chi connectivity index (χ3v) is 6.71. The number of ether oxygens (including phenoxy) is 1. The minimum atomic E-state index is -0.466. The predicted octanol–water partition coefficient (Wildman–Crippen LogP) is 3.01. The molecule has 7 heteroatoms. The van der Waals surface area contributed by atoms with Crippen molar-refractivity contribution < 1.29 is 24.2 Å². The summed E-state index contributed by atoms with van der Waals surface area (Å²) in [5, 5.41) is 11.9. The van der Waals surface area contributed by atoms with Crippen molar-refractivity contribution >= 4 is 17.8 Å². The summed E-state index contributed by atoms with van der Waals surface area (Å²) in [6, 6.07) is 9.50. The van der Waals surface area contributed by atoms with Crippen molar-refractivity contribution in [3.63, 3.8) is 0 Å². The first-order valence-corrected chi connectivity index (χ1v) is 12.5. The molecular formula is C27H38N2O5. The molecule has 4 atom stereocenters. The van der Waals surface area contributed by atoms with Gasteiger partial charge in [0.2, 0.25) is 11.8 Å². The van der Waals surface area contributed by atoms with Crippen LogP contribution in [0, 0.1) is 11.8 Å². The lowest BCUT2D eigenvalue weighted by molar-refractivity contribution is -0.152. The lowest BCUT2D eigenvalue weighted by Gasteiger charge is -2.29. The molecule has 2 N–H and O–H groups in total. The third kappa shape index (κ3) is 7.69. The average Bonchev–Trinajstić information content (AvgIpc) is 3.31. The number of carbonyl (C=O) groups is 3. The maximum atomic E-state index is 13.4. The fourth-order valence-corrected chi connectivity index (χ4v) is 4.77. The van der Waals surface area contributed by atoms with E-state index in [1.54, 1.807) is 11.8 Å². The van der Waals surface area contributed by atoms with Gasteiger partial charge in [-0.05, 0) is 57.4 Å². The van der Waals surface area contributed by atoms with E-state index < -0.39 is 5.92 Å². The number of nitrogens with one attached hydrogen (secondary N) is 1. The number of rotatable bonds is 6. The van der Waals surface area contributed by atoms with Gasteiger partial charge in [-0.1, -0.05) is 42.5 Å². The van der Waals surface area contributed by atoms with Gasteiger partial charge in [0.05, 0.1) is 24.5 Å². The molecule has 2 amide bonds. The van der Waals surface area contributed by atoms with Crippen LogP contribution in [-0.2, 0) is 25.5 Å². The van der Waals surface area contributed by atoms with Gasteiger partial charge in [0, 0.05) is 19.0 Å².